The molecule has 0 amide bonds. The molecule has 1 N–H and O–H groups in total. The summed E-state index contributed by atoms with van der Waals surface area (Å²) >= 11 is 11.7. The quantitative estimate of drug-likeness (QED) is 0.848. The molecule has 0 unspecified atom stereocenters. The van der Waals surface area contributed by atoms with Gasteiger partial charge in [-0.3, -0.25) is 4.99 Å². The van der Waals surface area contributed by atoms with Crippen LogP contribution in [-0.2, 0) is 6.42 Å². The molecule has 3 nitrogen and oxygen atoms in total. The number of phenols is 1. The van der Waals surface area contributed by atoms with E-state index in [2.05, 4.69) is 11.1 Å². The maximum Gasteiger partial charge on any atom is 0.143 e. The van der Waals surface area contributed by atoms with Crippen molar-refractivity contribution in [1.82, 2.24) is 0 Å². The van der Waals surface area contributed by atoms with E-state index in [1.807, 2.05) is 12.1 Å². The molecule has 0 saturated carbocycles. The van der Waals surface area contributed by atoms with Crippen LogP contribution in [0.1, 0.15) is 11.1 Å². The zero-order valence-corrected chi connectivity index (χ0v) is 11.9. The van der Waals surface area contributed by atoms with E-state index in [0.29, 0.717) is 22.7 Å². The van der Waals surface area contributed by atoms with Gasteiger partial charge < -0.3 is 5.11 Å². The summed E-state index contributed by atoms with van der Waals surface area (Å²) < 4.78 is 0. The zero-order valence-electron chi connectivity index (χ0n) is 10.3. The number of aliphatic imine (C=N–C) groups is 1. The number of phenolic OH excluding ortho intramolecular Hbond substituents is 1. The first kappa shape index (κ1) is 14.4. The van der Waals surface area contributed by atoms with Crippen molar-refractivity contribution in [3.05, 3.63) is 57.6 Å². The highest BCUT2D eigenvalue weighted by atomic mass is 35.5. The Morgan fingerprint density at radius 1 is 1.20 bits per heavy atom. The fourth-order valence-electron chi connectivity index (χ4n) is 1.62. The van der Waals surface area contributed by atoms with Crippen LogP contribution in [0.3, 0.4) is 0 Å². The van der Waals surface area contributed by atoms with Crippen molar-refractivity contribution in [2.45, 2.75) is 6.42 Å². The van der Waals surface area contributed by atoms with Crippen molar-refractivity contribution in [2.24, 2.45) is 4.99 Å². The molecule has 5 heteroatoms. The SMILES string of the molecule is N#CCc1ccc(/N=C/c2cc(Cl)cc(Cl)c2O)cc1. The van der Waals surface area contributed by atoms with E-state index in [1.54, 1.807) is 18.2 Å². The average molecular weight is 305 g/mol. The summed E-state index contributed by atoms with van der Waals surface area (Å²) in [5.41, 5.74) is 2.09. The molecule has 2 aromatic rings. The Morgan fingerprint density at radius 2 is 1.90 bits per heavy atom. The summed E-state index contributed by atoms with van der Waals surface area (Å²) in [6.07, 6.45) is 1.86. The maximum absolute atomic E-state index is 9.80. The van der Waals surface area contributed by atoms with Crippen LogP contribution in [0, 0.1) is 11.3 Å². The molecule has 100 valence electrons. The predicted octanol–water partition coefficient (Wildman–Crippen LogP) is 4.52. The van der Waals surface area contributed by atoms with Crippen LogP contribution in [-0.4, -0.2) is 11.3 Å². The highest BCUT2D eigenvalue weighted by Gasteiger charge is 2.05. The molecular weight excluding hydrogens is 295 g/mol. The first-order valence-corrected chi connectivity index (χ1v) is 6.53. The second-order valence-electron chi connectivity index (χ2n) is 4.08. The van der Waals surface area contributed by atoms with E-state index in [-0.39, 0.29) is 10.8 Å². The van der Waals surface area contributed by atoms with E-state index >= 15 is 0 Å². The number of nitrogens with zero attached hydrogens (tertiary/aromatic N) is 2. The highest BCUT2D eigenvalue weighted by molar-refractivity contribution is 6.36. The topological polar surface area (TPSA) is 56.4 Å². The minimum absolute atomic E-state index is 0.0547. The number of halogens is 2. The molecule has 0 aromatic heterocycles. The van der Waals surface area contributed by atoms with Gasteiger partial charge in [-0.1, -0.05) is 35.3 Å². The molecular formula is C15H10Cl2N2O. The van der Waals surface area contributed by atoms with Gasteiger partial charge in [-0.2, -0.15) is 5.26 Å². The number of hydrogen-bond donors (Lipinski definition) is 1. The Balaban J connectivity index is 2.23. The third-order valence-corrected chi connectivity index (χ3v) is 3.14. The summed E-state index contributed by atoms with van der Waals surface area (Å²) in [4.78, 5) is 4.24. The van der Waals surface area contributed by atoms with Crippen LogP contribution < -0.4 is 0 Å². The van der Waals surface area contributed by atoms with Crippen LogP contribution in [0.25, 0.3) is 0 Å². The van der Waals surface area contributed by atoms with Gasteiger partial charge in [0.25, 0.3) is 0 Å². The summed E-state index contributed by atoms with van der Waals surface area (Å²) in [5, 5.41) is 19.0. The number of hydrogen-bond acceptors (Lipinski definition) is 3. The normalized spacial score (nSPS) is 10.7. The summed E-state index contributed by atoms with van der Waals surface area (Å²) in [6, 6.07) is 12.4. The zero-order chi connectivity index (χ0) is 14.5. The van der Waals surface area contributed by atoms with Gasteiger partial charge in [0.2, 0.25) is 0 Å². The fraction of sp³-hybridized carbons (Fsp3) is 0.0667. The predicted molar refractivity (Wildman–Crippen MR) is 81.1 cm³/mol. The van der Waals surface area contributed by atoms with Gasteiger partial charge in [0.05, 0.1) is 23.2 Å². The molecule has 0 bridgehead atoms. The minimum Gasteiger partial charge on any atom is -0.506 e. The molecule has 0 saturated heterocycles. The first-order valence-electron chi connectivity index (χ1n) is 5.78. The number of benzene rings is 2. The lowest BCUT2D eigenvalue weighted by Gasteiger charge is -2.02. The molecule has 0 aliphatic rings. The van der Waals surface area contributed by atoms with Gasteiger partial charge in [0, 0.05) is 16.8 Å². The minimum atomic E-state index is -0.0547. The molecule has 2 rings (SSSR count). The number of rotatable bonds is 3. The van der Waals surface area contributed by atoms with Crippen molar-refractivity contribution in [2.75, 3.05) is 0 Å². The Morgan fingerprint density at radius 3 is 2.55 bits per heavy atom. The second kappa shape index (κ2) is 6.42. The molecule has 0 aliphatic carbocycles. The largest absolute Gasteiger partial charge is 0.506 e. The van der Waals surface area contributed by atoms with E-state index < -0.39 is 0 Å². The molecule has 0 spiro atoms. The van der Waals surface area contributed by atoms with Crippen molar-refractivity contribution >= 4 is 35.1 Å². The van der Waals surface area contributed by atoms with Crippen LogP contribution in [0.2, 0.25) is 10.0 Å². The lowest BCUT2D eigenvalue weighted by Crippen LogP contribution is -1.84. The van der Waals surface area contributed by atoms with Gasteiger partial charge in [-0.25, -0.2) is 0 Å². The lowest BCUT2D eigenvalue weighted by atomic mass is 10.1. The molecule has 2 aromatic carbocycles. The molecule has 0 atom stereocenters. The van der Waals surface area contributed by atoms with Crippen LogP contribution in [0.4, 0.5) is 5.69 Å². The van der Waals surface area contributed by atoms with Gasteiger partial charge in [0.15, 0.2) is 0 Å². The van der Waals surface area contributed by atoms with Crippen LogP contribution >= 0.6 is 23.2 Å². The van der Waals surface area contributed by atoms with Gasteiger partial charge in [0.1, 0.15) is 5.75 Å². The van der Waals surface area contributed by atoms with Crippen molar-refractivity contribution in [1.29, 1.82) is 5.26 Å². The van der Waals surface area contributed by atoms with Crippen LogP contribution in [0.5, 0.6) is 5.75 Å². The molecule has 0 fully saturated rings. The third kappa shape index (κ3) is 3.51. The average Bonchev–Trinajstić information content (AvgIpc) is 2.43. The Kier molecular flexibility index (Phi) is 4.62. The van der Waals surface area contributed by atoms with Crippen molar-refractivity contribution in [3.8, 4) is 11.8 Å². The number of nitriles is 1. The Bertz CT molecular complexity index is 688. The highest BCUT2D eigenvalue weighted by Crippen LogP contribution is 2.30. The van der Waals surface area contributed by atoms with Crippen molar-refractivity contribution < 1.29 is 5.11 Å². The van der Waals surface area contributed by atoms with Crippen LogP contribution in [0.15, 0.2) is 41.4 Å². The van der Waals surface area contributed by atoms with E-state index in [1.165, 1.54) is 12.3 Å². The van der Waals surface area contributed by atoms with E-state index in [4.69, 9.17) is 28.5 Å². The second-order valence-corrected chi connectivity index (χ2v) is 4.93. The third-order valence-electron chi connectivity index (χ3n) is 2.63. The van der Waals surface area contributed by atoms with Gasteiger partial charge >= 0.3 is 0 Å². The molecule has 0 radical (unpaired) electrons. The maximum atomic E-state index is 9.80. The lowest BCUT2D eigenvalue weighted by molar-refractivity contribution is 0.475. The molecule has 20 heavy (non-hydrogen) atoms. The first-order chi connectivity index (χ1) is 9.60. The smallest absolute Gasteiger partial charge is 0.143 e. The summed E-state index contributed by atoms with van der Waals surface area (Å²) in [6.45, 7) is 0. The number of aromatic hydroxyl groups is 1. The Labute approximate surface area is 126 Å². The van der Waals surface area contributed by atoms with E-state index in [0.717, 1.165) is 5.56 Å². The summed E-state index contributed by atoms with van der Waals surface area (Å²) in [7, 11) is 0. The standard InChI is InChI=1S/C15H10Cl2N2O/c16-12-7-11(15(20)14(17)8-12)9-19-13-3-1-10(2-4-13)5-6-18/h1-4,7-9,20H,5H2/b19-9+. The Hall–Kier alpha value is -2.02. The van der Waals surface area contributed by atoms with Gasteiger partial charge in [-0.15, -0.1) is 0 Å². The fourth-order valence-corrected chi connectivity index (χ4v) is 2.13. The van der Waals surface area contributed by atoms with Crippen molar-refractivity contribution in [3.63, 3.8) is 0 Å². The molecule has 0 aliphatic heterocycles. The molecule has 0 heterocycles. The van der Waals surface area contributed by atoms with Gasteiger partial charge in [-0.05, 0) is 29.8 Å². The monoisotopic (exact) mass is 304 g/mol. The summed E-state index contributed by atoms with van der Waals surface area (Å²) in [5.74, 6) is -0.0547. The van der Waals surface area contributed by atoms with E-state index in [9.17, 15) is 5.11 Å².